The lowest BCUT2D eigenvalue weighted by molar-refractivity contribution is 0.572. The van der Waals surface area contributed by atoms with Crippen LogP contribution in [-0.4, -0.2) is 0 Å². The van der Waals surface area contributed by atoms with Crippen molar-refractivity contribution in [3.63, 3.8) is 0 Å². The summed E-state index contributed by atoms with van der Waals surface area (Å²) in [4.78, 5) is 0. The van der Waals surface area contributed by atoms with Crippen molar-refractivity contribution in [1.82, 2.24) is 0 Å². The summed E-state index contributed by atoms with van der Waals surface area (Å²) >= 11 is 3.42. The van der Waals surface area contributed by atoms with Gasteiger partial charge in [0.2, 0.25) is 0 Å². The molecule has 0 amide bonds. The van der Waals surface area contributed by atoms with Gasteiger partial charge in [-0.05, 0) is 52.4 Å². The highest BCUT2D eigenvalue weighted by Gasteiger charge is 2.20. The van der Waals surface area contributed by atoms with E-state index in [-0.39, 0.29) is 6.04 Å². The van der Waals surface area contributed by atoms with Crippen molar-refractivity contribution >= 4 is 21.6 Å². The molecule has 0 unspecified atom stereocenters. The summed E-state index contributed by atoms with van der Waals surface area (Å²) in [7, 11) is 0. The first-order chi connectivity index (χ1) is 6.20. The predicted molar refractivity (Wildman–Crippen MR) is 58.4 cm³/mol. The Labute approximate surface area is 86.4 Å². The fourth-order valence-corrected chi connectivity index (χ4v) is 2.31. The van der Waals surface area contributed by atoms with Crippen LogP contribution in [0.2, 0.25) is 0 Å². The van der Waals surface area contributed by atoms with Crippen molar-refractivity contribution in [2.24, 2.45) is 5.73 Å². The molecule has 0 saturated heterocycles. The Balaban J connectivity index is 2.58. The number of benzene rings is 1. The third-order valence-corrected chi connectivity index (χ3v) is 3.35. The number of hydrogen-bond donors (Lipinski definition) is 2. The van der Waals surface area contributed by atoms with Crippen molar-refractivity contribution in [3.05, 3.63) is 27.7 Å². The molecule has 1 aromatic carbocycles. The Morgan fingerprint density at radius 1 is 1.38 bits per heavy atom. The molecular formula is C10H13BrN2. The summed E-state index contributed by atoms with van der Waals surface area (Å²) in [5.74, 6) is 0. The minimum absolute atomic E-state index is 0.126. The largest absolute Gasteiger partial charge is 0.398 e. The Bertz CT molecular complexity index is 336. The van der Waals surface area contributed by atoms with E-state index in [1.165, 1.54) is 12.0 Å². The normalized spacial score (nSPS) is 21.2. The van der Waals surface area contributed by atoms with Crippen LogP contribution in [0.25, 0.3) is 0 Å². The average molecular weight is 241 g/mol. The number of aryl methyl sites for hydroxylation is 1. The Kier molecular flexibility index (Phi) is 2.30. The second-order valence-corrected chi connectivity index (χ2v) is 4.39. The Morgan fingerprint density at radius 2 is 2.15 bits per heavy atom. The highest BCUT2D eigenvalue weighted by molar-refractivity contribution is 9.10. The van der Waals surface area contributed by atoms with Crippen LogP contribution in [0.4, 0.5) is 5.69 Å². The topological polar surface area (TPSA) is 52.0 Å². The van der Waals surface area contributed by atoms with Crippen molar-refractivity contribution in [2.75, 3.05) is 5.73 Å². The SMILES string of the molecule is Nc1c(Br)ccc2c1[C@@H](N)CCC2. The van der Waals surface area contributed by atoms with E-state index >= 15 is 0 Å². The molecule has 3 heteroatoms. The number of nitrogens with two attached hydrogens (primary N) is 2. The lowest BCUT2D eigenvalue weighted by Gasteiger charge is -2.24. The number of hydrogen-bond acceptors (Lipinski definition) is 2. The monoisotopic (exact) mass is 240 g/mol. The summed E-state index contributed by atoms with van der Waals surface area (Å²) in [5.41, 5.74) is 15.3. The molecule has 4 N–H and O–H groups in total. The van der Waals surface area contributed by atoms with Crippen LogP contribution in [0, 0.1) is 0 Å². The van der Waals surface area contributed by atoms with Gasteiger partial charge in [0.1, 0.15) is 0 Å². The van der Waals surface area contributed by atoms with Crippen molar-refractivity contribution in [3.8, 4) is 0 Å². The molecule has 1 aromatic rings. The van der Waals surface area contributed by atoms with Gasteiger partial charge in [-0.1, -0.05) is 6.07 Å². The molecule has 0 spiro atoms. The molecule has 13 heavy (non-hydrogen) atoms. The lowest BCUT2D eigenvalue weighted by Crippen LogP contribution is -2.19. The van der Waals surface area contributed by atoms with Gasteiger partial charge in [-0.2, -0.15) is 0 Å². The Hall–Kier alpha value is -0.540. The van der Waals surface area contributed by atoms with Gasteiger partial charge in [0.25, 0.3) is 0 Å². The number of nitrogen functional groups attached to an aromatic ring is 1. The van der Waals surface area contributed by atoms with Crippen LogP contribution < -0.4 is 11.5 Å². The summed E-state index contributed by atoms with van der Waals surface area (Å²) < 4.78 is 0.962. The van der Waals surface area contributed by atoms with Crippen LogP contribution in [0.1, 0.15) is 30.0 Å². The van der Waals surface area contributed by atoms with Gasteiger partial charge < -0.3 is 11.5 Å². The molecule has 0 fully saturated rings. The van der Waals surface area contributed by atoms with Gasteiger partial charge in [0.15, 0.2) is 0 Å². The maximum atomic E-state index is 6.02. The zero-order valence-electron chi connectivity index (χ0n) is 7.39. The number of halogens is 1. The fourth-order valence-electron chi connectivity index (χ4n) is 1.97. The summed E-state index contributed by atoms with van der Waals surface area (Å²) in [5, 5.41) is 0. The van der Waals surface area contributed by atoms with Crippen LogP contribution >= 0.6 is 15.9 Å². The summed E-state index contributed by atoms with van der Waals surface area (Å²) in [6, 6.07) is 4.25. The van der Waals surface area contributed by atoms with E-state index < -0.39 is 0 Å². The number of fused-ring (bicyclic) bond motifs is 1. The van der Waals surface area contributed by atoms with Crippen LogP contribution in [0.5, 0.6) is 0 Å². The van der Waals surface area contributed by atoms with E-state index in [4.69, 9.17) is 11.5 Å². The molecule has 0 heterocycles. The third kappa shape index (κ3) is 1.46. The molecule has 2 nitrogen and oxygen atoms in total. The quantitative estimate of drug-likeness (QED) is 0.685. The van der Waals surface area contributed by atoms with E-state index in [0.717, 1.165) is 28.6 Å². The van der Waals surface area contributed by atoms with E-state index in [2.05, 4.69) is 22.0 Å². The minimum Gasteiger partial charge on any atom is -0.398 e. The average Bonchev–Trinajstić information content (AvgIpc) is 2.12. The standard InChI is InChI=1S/C10H13BrN2/c11-7-5-4-6-2-1-3-8(12)9(6)10(7)13/h4-5,8H,1-3,12-13H2/t8-/m0/s1. The molecule has 0 aliphatic heterocycles. The van der Waals surface area contributed by atoms with Gasteiger partial charge in [-0.25, -0.2) is 0 Å². The van der Waals surface area contributed by atoms with Gasteiger partial charge in [-0.3, -0.25) is 0 Å². The molecule has 70 valence electrons. The van der Waals surface area contributed by atoms with Gasteiger partial charge >= 0.3 is 0 Å². The molecular weight excluding hydrogens is 228 g/mol. The van der Waals surface area contributed by atoms with Gasteiger partial charge in [0, 0.05) is 10.5 Å². The maximum Gasteiger partial charge on any atom is 0.0509 e. The van der Waals surface area contributed by atoms with E-state index in [1.807, 2.05) is 6.07 Å². The number of rotatable bonds is 0. The number of anilines is 1. The van der Waals surface area contributed by atoms with Gasteiger partial charge in [-0.15, -0.1) is 0 Å². The maximum absolute atomic E-state index is 6.02. The highest BCUT2D eigenvalue weighted by atomic mass is 79.9. The molecule has 1 aliphatic carbocycles. The summed E-state index contributed by atoms with van der Waals surface area (Å²) in [6.45, 7) is 0. The fraction of sp³-hybridized carbons (Fsp3) is 0.400. The second kappa shape index (κ2) is 3.31. The first kappa shape index (κ1) is 9.03. The molecule has 0 bridgehead atoms. The molecule has 0 radical (unpaired) electrons. The summed E-state index contributed by atoms with van der Waals surface area (Å²) in [6.07, 6.45) is 3.34. The van der Waals surface area contributed by atoms with E-state index in [0.29, 0.717) is 0 Å². The predicted octanol–water partition coefficient (Wildman–Crippen LogP) is 2.37. The lowest BCUT2D eigenvalue weighted by atomic mass is 9.87. The molecule has 0 saturated carbocycles. The van der Waals surface area contributed by atoms with Gasteiger partial charge in [0.05, 0.1) is 5.69 Å². The molecule has 2 rings (SSSR count). The highest BCUT2D eigenvalue weighted by Crippen LogP contribution is 2.36. The molecule has 1 atom stereocenters. The third-order valence-electron chi connectivity index (χ3n) is 2.66. The van der Waals surface area contributed by atoms with Crippen LogP contribution in [0.15, 0.2) is 16.6 Å². The zero-order chi connectivity index (χ0) is 9.42. The minimum atomic E-state index is 0.126. The zero-order valence-corrected chi connectivity index (χ0v) is 8.97. The van der Waals surface area contributed by atoms with Crippen LogP contribution in [0.3, 0.4) is 0 Å². The van der Waals surface area contributed by atoms with Crippen molar-refractivity contribution in [2.45, 2.75) is 25.3 Å². The first-order valence-electron chi connectivity index (χ1n) is 4.52. The van der Waals surface area contributed by atoms with Crippen LogP contribution in [-0.2, 0) is 6.42 Å². The Morgan fingerprint density at radius 3 is 2.92 bits per heavy atom. The second-order valence-electron chi connectivity index (χ2n) is 3.53. The van der Waals surface area contributed by atoms with E-state index in [1.54, 1.807) is 0 Å². The van der Waals surface area contributed by atoms with E-state index in [9.17, 15) is 0 Å². The molecule has 1 aliphatic rings. The van der Waals surface area contributed by atoms with Crippen molar-refractivity contribution < 1.29 is 0 Å². The smallest absolute Gasteiger partial charge is 0.0509 e. The molecule has 0 aromatic heterocycles. The van der Waals surface area contributed by atoms with Crippen molar-refractivity contribution in [1.29, 1.82) is 0 Å². The first-order valence-corrected chi connectivity index (χ1v) is 5.32.